The largest absolute Gasteiger partial charge is 0.495 e. The standard InChI is InChI=1S/C12H11NO2S/c1-15-12-3-2-8(5-11(12)13)9-4-10(6-14)16-7-9/h2-7H,13H2,1H3. The van der Waals surface area contributed by atoms with Gasteiger partial charge in [-0.1, -0.05) is 6.07 Å². The molecular weight excluding hydrogens is 222 g/mol. The van der Waals surface area contributed by atoms with Gasteiger partial charge in [-0.15, -0.1) is 11.3 Å². The number of ether oxygens (including phenoxy) is 1. The average Bonchev–Trinajstić information content (AvgIpc) is 2.77. The van der Waals surface area contributed by atoms with Gasteiger partial charge in [0, 0.05) is 0 Å². The molecule has 0 fully saturated rings. The maximum atomic E-state index is 10.6. The van der Waals surface area contributed by atoms with Crippen LogP contribution >= 0.6 is 11.3 Å². The maximum absolute atomic E-state index is 10.6. The quantitative estimate of drug-likeness (QED) is 0.655. The summed E-state index contributed by atoms with van der Waals surface area (Å²) in [5.74, 6) is 0.662. The summed E-state index contributed by atoms with van der Waals surface area (Å²) in [5, 5.41) is 1.94. The number of carbonyl (C=O) groups excluding carboxylic acids is 1. The fourth-order valence-electron chi connectivity index (χ4n) is 1.48. The van der Waals surface area contributed by atoms with Gasteiger partial charge in [0.1, 0.15) is 5.75 Å². The minimum Gasteiger partial charge on any atom is -0.495 e. The van der Waals surface area contributed by atoms with E-state index in [4.69, 9.17) is 10.5 Å². The van der Waals surface area contributed by atoms with E-state index in [-0.39, 0.29) is 0 Å². The molecule has 16 heavy (non-hydrogen) atoms. The molecule has 0 aliphatic carbocycles. The van der Waals surface area contributed by atoms with Crippen LogP contribution < -0.4 is 10.5 Å². The molecule has 0 aliphatic rings. The Morgan fingerprint density at radius 2 is 2.12 bits per heavy atom. The first-order valence-corrected chi connectivity index (χ1v) is 5.60. The minimum atomic E-state index is 0.596. The number of benzene rings is 1. The summed E-state index contributed by atoms with van der Waals surface area (Å²) in [6, 6.07) is 7.43. The number of thiophene rings is 1. The zero-order chi connectivity index (χ0) is 11.5. The number of methoxy groups -OCH3 is 1. The van der Waals surface area contributed by atoms with Crippen molar-refractivity contribution in [1.29, 1.82) is 0 Å². The Labute approximate surface area is 97.5 Å². The number of anilines is 1. The van der Waals surface area contributed by atoms with Crippen molar-refractivity contribution in [2.24, 2.45) is 0 Å². The molecule has 3 nitrogen and oxygen atoms in total. The Hall–Kier alpha value is -1.81. The third-order valence-corrected chi connectivity index (χ3v) is 3.16. The molecule has 0 saturated heterocycles. The highest BCUT2D eigenvalue weighted by molar-refractivity contribution is 7.12. The molecule has 0 atom stereocenters. The van der Waals surface area contributed by atoms with E-state index in [2.05, 4.69) is 0 Å². The topological polar surface area (TPSA) is 52.3 Å². The number of nitrogen functional groups attached to an aromatic ring is 1. The van der Waals surface area contributed by atoms with Crippen molar-refractivity contribution in [2.45, 2.75) is 0 Å². The second-order valence-electron chi connectivity index (χ2n) is 3.31. The summed E-state index contributed by atoms with van der Waals surface area (Å²) >= 11 is 1.42. The molecular formula is C12H11NO2S. The van der Waals surface area contributed by atoms with Gasteiger partial charge in [-0.05, 0) is 34.7 Å². The lowest BCUT2D eigenvalue weighted by Gasteiger charge is -2.05. The lowest BCUT2D eigenvalue weighted by molar-refractivity contribution is 0.112. The molecule has 0 amide bonds. The first-order chi connectivity index (χ1) is 7.74. The van der Waals surface area contributed by atoms with Gasteiger partial charge in [-0.3, -0.25) is 4.79 Å². The number of hydrogen-bond donors (Lipinski definition) is 1. The van der Waals surface area contributed by atoms with Crippen molar-refractivity contribution in [2.75, 3.05) is 12.8 Å². The van der Waals surface area contributed by atoms with Crippen molar-refractivity contribution >= 4 is 23.3 Å². The fourth-order valence-corrected chi connectivity index (χ4v) is 2.20. The molecule has 2 N–H and O–H groups in total. The van der Waals surface area contributed by atoms with E-state index in [0.29, 0.717) is 16.3 Å². The zero-order valence-electron chi connectivity index (χ0n) is 8.77. The molecule has 0 radical (unpaired) electrons. The van der Waals surface area contributed by atoms with Crippen LogP contribution in [-0.2, 0) is 0 Å². The molecule has 2 rings (SSSR count). The Morgan fingerprint density at radius 1 is 1.31 bits per heavy atom. The number of aldehydes is 1. The third kappa shape index (κ3) is 1.92. The highest BCUT2D eigenvalue weighted by Crippen LogP contribution is 2.30. The highest BCUT2D eigenvalue weighted by Gasteiger charge is 2.05. The van der Waals surface area contributed by atoms with Crippen molar-refractivity contribution < 1.29 is 9.53 Å². The lowest BCUT2D eigenvalue weighted by atomic mass is 10.1. The zero-order valence-corrected chi connectivity index (χ0v) is 9.58. The Kier molecular flexibility index (Phi) is 2.92. The fraction of sp³-hybridized carbons (Fsp3) is 0.0833. The second-order valence-corrected chi connectivity index (χ2v) is 4.26. The van der Waals surface area contributed by atoms with Crippen LogP contribution in [0, 0.1) is 0 Å². The van der Waals surface area contributed by atoms with E-state index in [1.807, 2.05) is 29.6 Å². The van der Waals surface area contributed by atoms with Gasteiger partial charge in [0.05, 0.1) is 17.7 Å². The van der Waals surface area contributed by atoms with E-state index >= 15 is 0 Å². The summed E-state index contributed by atoms with van der Waals surface area (Å²) < 4.78 is 5.08. The van der Waals surface area contributed by atoms with Gasteiger partial charge in [0.2, 0.25) is 0 Å². The van der Waals surface area contributed by atoms with E-state index in [1.54, 1.807) is 7.11 Å². The van der Waals surface area contributed by atoms with Crippen LogP contribution in [0.25, 0.3) is 11.1 Å². The molecule has 0 unspecified atom stereocenters. The minimum absolute atomic E-state index is 0.596. The van der Waals surface area contributed by atoms with E-state index in [9.17, 15) is 4.79 Å². The molecule has 1 heterocycles. The van der Waals surface area contributed by atoms with Crippen molar-refractivity contribution in [3.05, 3.63) is 34.5 Å². The molecule has 0 bridgehead atoms. The highest BCUT2D eigenvalue weighted by atomic mass is 32.1. The predicted molar refractivity (Wildman–Crippen MR) is 66.1 cm³/mol. The van der Waals surface area contributed by atoms with Crippen LogP contribution in [0.5, 0.6) is 5.75 Å². The van der Waals surface area contributed by atoms with Gasteiger partial charge in [0.15, 0.2) is 6.29 Å². The SMILES string of the molecule is COc1ccc(-c2csc(C=O)c2)cc1N. The second kappa shape index (κ2) is 4.37. The smallest absolute Gasteiger partial charge is 0.160 e. The monoisotopic (exact) mass is 233 g/mol. The van der Waals surface area contributed by atoms with E-state index < -0.39 is 0 Å². The van der Waals surface area contributed by atoms with Gasteiger partial charge in [-0.2, -0.15) is 0 Å². The Balaban J connectivity index is 2.40. The van der Waals surface area contributed by atoms with Crippen LogP contribution in [-0.4, -0.2) is 13.4 Å². The summed E-state index contributed by atoms with van der Waals surface area (Å²) in [6.07, 6.45) is 0.848. The van der Waals surface area contributed by atoms with Crippen molar-refractivity contribution in [3.63, 3.8) is 0 Å². The van der Waals surface area contributed by atoms with Crippen molar-refractivity contribution in [3.8, 4) is 16.9 Å². The summed E-state index contributed by atoms with van der Waals surface area (Å²) in [7, 11) is 1.58. The van der Waals surface area contributed by atoms with Gasteiger partial charge in [-0.25, -0.2) is 0 Å². The lowest BCUT2D eigenvalue weighted by Crippen LogP contribution is -1.92. The van der Waals surface area contributed by atoms with Crippen LogP contribution in [0.3, 0.4) is 0 Å². The average molecular weight is 233 g/mol. The van der Waals surface area contributed by atoms with Crippen LogP contribution in [0.1, 0.15) is 9.67 Å². The maximum Gasteiger partial charge on any atom is 0.160 e. The molecule has 0 saturated carbocycles. The number of rotatable bonds is 3. The summed E-state index contributed by atoms with van der Waals surface area (Å²) in [4.78, 5) is 11.3. The first-order valence-electron chi connectivity index (χ1n) is 4.72. The van der Waals surface area contributed by atoms with Gasteiger partial charge < -0.3 is 10.5 Å². The normalized spacial score (nSPS) is 10.1. The molecule has 2 aromatic rings. The van der Waals surface area contributed by atoms with Gasteiger partial charge >= 0.3 is 0 Å². The molecule has 0 aliphatic heterocycles. The summed E-state index contributed by atoms with van der Waals surface area (Å²) in [5.41, 5.74) is 8.40. The van der Waals surface area contributed by atoms with Crippen LogP contribution in [0.2, 0.25) is 0 Å². The van der Waals surface area contributed by atoms with Crippen molar-refractivity contribution in [1.82, 2.24) is 0 Å². The third-order valence-electron chi connectivity index (χ3n) is 2.30. The molecule has 82 valence electrons. The predicted octanol–water partition coefficient (Wildman–Crippen LogP) is 2.82. The first kappa shape index (κ1) is 10.7. The van der Waals surface area contributed by atoms with Crippen LogP contribution in [0.4, 0.5) is 5.69 Å². The number of nitrogens with two attached hydrogens (primary N) is 1. The van der Waals surface area contributed by atoms with Gasteiger partial charge in [0.25, 0.3) is 0 Å². The molecule has 1 aromatic carbocycles. The molecule has 0 spiro atoms. The van der Waals surface area contributed by atoms with E-state index in [1.165, 1.54) is 11.3 Å². The van der Waals surface area contributed by atoms with E-state index in [0.717, 1.165) is 17.4 Å². The molecule has 4 heteroatoms. The molecule has 1 aromatic heterocycles. The Bertz CT molecular complexity index is 519. The Morgan fingerprint density at radius 3 is 2.69 bits per heavy atom. The summed E-state index contributed by atoms with van der Waals surface area (Å²) in [6.45, 7) is 0. The van der Waals surface area contributed by atoms with Crippen LogP contribution in [0.15, 0.2) is 29.6 Å². The number of hydrogen-bond acceptors (Lipinski definition) is 4. The number of carbonyl (C=O) groups is 1.